The van der Waals surface area contributed by atoms with Gasteiger partial charge in [0.05, 0.1) is 12.2 Å². The highest BCUT2D eigenvalue weighted by Crippen LogP contribution is 2.36. The zero-order valence-electron chi connectivity index (χ0n) is 11.0. The summed E-state index contributed by atoms with van der Waals surface area (Å²) in [5, 5.41) is 8.86. The van der Waals surface area contributed by atoms with Gasteiger partial charge in [0.25, 0.3) is 0 Å². The van der Waals surface area contributed by atoms with Crippen molar-refractivity contribution in [3.05, 3.63) is 23.8 Å². The van der Waals surface area contributed by atoms with Crippen LogP contribution >= 0.6 is 0 Å². The molecule has 20 heavy (non-hydrogen) atoms. The average Bonchev–Trinajstić information content (AvgIpc) is 2.39. The van der Waals surface area contributed by atoms with Crippen molar-refractivity contribution in [1.82, 2.24) is 4.90 Å². The highest BCUT2D eigenvalue weighted by molar-refractivity contribution is 5.59. The SMILES string of the molecule is Nc1ccc(N2CCN(CCO)CC2)cc1C(F)(F)F. The first-order chi connectivity index (χ1) is 9.41. The standard InChI is InChI=1S/C13H18F3N3O/c14-13(15,16)11-9-10(1-2-12(11)17)19-5-3-18(4-6-19)7-8-20/h1-2,9,20H,3-8,17H2. The molecule has 4 nitrogen and oxygen atoms in total. The molecule has 0 saturated carbocycles. The molecule has 2 rings (SSSR count). The average molecular weight is 289 g/mol. The zero-order chi connectivity index (χ0) is 14.8. The van der Waals surface area contributed by atoms with Crippen LogP contribution < -0.4 is 10.6 Å². The van der Waals surface area contributed by atoms with E-state index in [0.29, 0.717) is 25.3 Å². The number of hydrogen-bond donors (Lipinski definition) is 2. The van der Waals surface area contributed by atoms with Gasteiger partial charge < -0.3 is 15.7 Å². The second-order valence-electron chi connectivity index (χ2n) is 4.82. The lowest BCUT2D eigenvalue weighted by Gasteiger charge is -2.36. The molecule has 1 aromatic rings. The van der Waals surface area contributed by atoms with Crippen LogP contribution in [0.2, 0.25) is 0 Å². The van der Waals surface area contributed by atoms with Crippen molar-refractivity contribution < 1.29 is 18.3 Å². The Morgan fingerprint density at radius 2 is 1.80 bits per heavy atom. The Hall–Kier alpha value is -1.47. The van der Waals surface area contributed by atoms with Crippen LogP contribution in [0.5, 0.6) is 0 Å². The Bertz CT molecular complexity index is 457. The van der Waals surface area contributed by atoms with E-state index in [1.54, 1.807) is 6.07 Å². The minimum absolute atomic E-state index is 0.0973. The number of benzene rings is 1. The summed E-state index contributed by atoms with van der Waals surface area (Å²) >= 11 is 0. The van der Waals surface area contributed by atoms with E-state index in [2.05, 4.69) is 4.90 Å². The van der Waals surface area contributed by atoms with Crippen LogP contribution in [-0.2, 0) is 6.18 Å². The fourth-order valence-corrected chi connectivity index (χ4v) is 2.36. The number of piperazine rings is 1. The fourth-order valence-electron chi connectivity index (χ4n) is 2.36. The van der Waals surface area contributed by atoms with Crippen LogP contribution in [0.15, 0.2) is 18.2 Å². The third-order valence-corrected chi connectivity index (χ3v) is 3.50. The van der Waals surface area contributed by atoms with Crippen LogP contribution in [0.25, 0.3) is 0 Å². The molecule has 1 fully saturated rings. The number of nitrogens with zero attached hydrogens (tertiary/aromatic N) is 2. The number of alkyl halides is 3. The highest BCUT2D eigenvalue weighted by atomic mass is 19.4. The first-order valence-electron chi connectivity index (χ1n) is 6.46. The number of β-amino-alcohol motifs (C(OH)–C–C–N with tert-alkyl or cyclic N) is 1. The van der Waals surface area contributed by atoms with Gasteiger partial charge in [-0.25, -0.2) is 0 Å². The Morgan fingerprint density at radius 1 is 1.15 bits per heavy atom. The van der Waals surface area contributed by atoms with Crippen molar-refractivity contribution in [3.63, 3.8) is 0 Å². The molecule has 1 aliphatic heterocycles. The van der Waals surface area contributed by atoms with E-state index in [1.165, 1.54) is 6.07 Å². The summed E-state index contributed by atoms with van der Waals surface area (Å²) in [5.74, 6) is 0. The van der Waals surface area contributed by atoms with Crippen molar-refractivity contribution in [3.8, 4) is 0 Å². The summed E-state index contributed by atoms with van der Waals surface area (Å²) in [7, 11) is 0. The van der Waals surface area contributed by atoms with Crippen molar-refractivity contribution >= 4 is 11.4 Å². The number of aliphatic hydroxyl groups is 1. The quantitative estimate of drug-likeness (QED) is 0.826. The van der Waals surface area contributed by atoms with Gasteiger partial charge in [-0.3, -0.25) is 4.90 Å². The molecule has 7 heteroatoms. The Morgan fingerprint density at radius 3 is 2.35 bits per heavy atom. The van der Waals surface area contributed by atoms with Gasteiger partial charge in [-0.2, -0.15) is 13.2 Å². The third kappa shape index (κ3) is 3.34. The molecule has 0 radical (unpaired) electrons. The van der Waals surface area contributed by atoms with Crippen molar-refractivity contribution in [2.75, 3.05) is 50.0 Å². The monoisotopic (exact) mass is 289 g/mol. The molecule has 3 N–H and O–H groups in total. The summed E-state index contributed by atoms with van der Waals surface area (Å²) in [6, 6.07) is 4.03. The molecule has 0 bridgehead atoms. The Labute approximate surface area is 115 Å². The number of nitrogens with two attached hydrogens (primary N) is 1. The van der Waals surface area contributed by atoms with Crippen molar-refractivity contribution in [2.45, 2.75) is 6.18 Å². The third-order valence-electron chi connectivity index (χ3n) is 3.50. The molecule has 0 unspecified atom stereocenters. The zero-order valence-corrected chi connectivity index (χ0v) is 11.0. The molecular formula is C13H18F3N3O. The van der Waals surface area contributed by atoms with Gasteiger partial charge in [-0.1, -0.05) is 0 Å². The van der Waals surface area contributed by atoms with E-state index in [0.717, 1.165) is 19.2 Å². The van der Waals surface area contributed by atoms with Gasteiger partial charge in [-0.05, 0) is 18.2 Å². The number of nitrogen functional groups attached to an aromatic ring is 1. The lowest BCUT2D eigenvalue weighted by molar-refractivity contribution is -0.136. The fraction of sp³-hybridized carbons (Fsp3) is 0.538. The van der Waals surface area contributed by atoms with Crippen LogP contribution in [0.3, 0.4) is 0 Å². The van der Waals surface area contributed by atoms with Gasteiger partial charge >= 0.3 is 6.18 Å². The molecule has 0 aromatic heterocycles. The van der Waals surface area contributed by atoms with E-state index >= 15 is 0 Å². The molecule has 112 valence electrons. The van der Waals surface area contributed by atoms with E-state index in [-0.39, 0.29) is 12.3 Å². The van der Waals surface area contributed by atoms with Gasteiger partial charge in [-0.15, -0.1) is 0 Å². The summed E-state index contributed by atoms with van der Waals surface area (Å²) in [6.45, 7) is 3.43. The number of halogens is 3. The maximum Gasteiger partial charge on any atom is 0.418 e. The van der Waals surface area contributed by atoms with Crippen molar-refractivity contribution in [1.29, 1.82) is 0 Å². The predicted molar refractivity (Wildman–Crippen MR) is 71.6 cm³/mol. The van der Waals surface area contributed by atoms with Gasteiger partial charge in [0, 0.05) is 44.1 Å². The Balaban J connectivity index is 2.11. The van der Waals surface area contributed by atoms with E-state index in [4.69, 9.17) is 10.8 Å². The Kier molecular flexibility index (Phi) is 4.39. The normalized spacial score (nSPS) is 17.5. The number of aliphatic hydroxyl groups excluding tert-OH is 1. The summed E-state index contributed by atoms with van der Waals surface area (Å²) in [6.07, 6.45) is -4.43. The lowest BCUT2D eigenvalue weighted by Crippen LogP contribution is -2.47. The summed E-state index contributed by atoms with van der Waals surface area (Å²) in [5.41, 5.74) is 4.90. The van der Waals surface area contributed by atoms with Gasteiger partial charge in [0.15, 0.2) is 0 Å². The smallest absolute Gasteiger partial charge is 0.398 e. The molecule has 1 saturated heterocycles. The van der Waals surface area contributed by atoms with Crippen LogP contribution in [0.4, 0.5) is 24.5 Å². The van der Waals surface area contributed by atoms with Gasteiger partial charge in [0.2, 0.25) is 0 Å². The molecule has 0 spiro atoms. The molecule has 1 aliphatic rings. The molecule has 0 atom stereocenters. The summed E-state index contributed by atoms with van der Waals surface area (Å²) < 4.78 is 38.5. The first-order valence-corrected chi connectivity index (χ1v) is 6.46. The second kappa shape index (κ2) is 5.88. The van der Waals surface area contributed by atoms with Gasteiger partial charge in [0.1, 0.15) is 0 Å². The largest absolute Gasteiger partial charge is 0.418 e. The number of rotatable bonds is 3. The van der Waals surface area contributed by atoms with Crippen LogP contribution in [0, 0.1) is 0 Å². The number of hydrogen-bond acceptors (Lipinski definition) is 4. The highest BCUT2D eigenvalue weighted by Gasteiger charge is 2.33. The predicted octanol–water partition coefficient (Wildman–Crippen LogP) is 1.40. The number of anilines is 2. The minimum atomic E-state index is -4.43. The second-order valence-corrected chi connectivity index (χ2v) is 4.82. The molecule has 1 aromatic carbocycles. The molecule has 0 aliphatic carbocycles. The van der Waals surface area contributed by atoms with E-state index < -0.39 is 11.7 Å². The van der Waals surface area contributed by atoms with E-state index in [1.807, 2.05) is 4.90 Å². The topological polar surface area (TPSA) is 52.7 Å². The van der Waals surface area contributed by atoms with Crippen molar-refractivity contribution in [2.24, 2.45) is 0 Å². The first kappa shape index (κ1) is 14.9. The van der Waals surface area contributed by atoms with Crippen LogP contribution in [0.1, 0.15) is 5.56 Å². The molecule has 0 amide bonds. The lowest BCUT2D eigenvalue weighted by atomic mass is 10.1. The summed E-state index contributed by atoms with van der Waals surface area (Å²) in [4.78, 5) is 3.99. The van der Waals surface area contributed by atoms with E-state index in [9.17, 15) is 13.2 Å². The maximum absolute atomic E-state index is 12.8. The minimum Gasteiger partial charge on any atom is -0.398 e. The molecule has 1 heterocycles. The van der Waals surface area contributed by atoms with Crippen LogP contribution in [-0.4, -0.2) is 49.3 Å². The maximum atomic E-state index is 12.8. The molecular weight excluding hydrogens is 271 g/mol.